The monoisotopic (exact) mass is 322 g/mol. The zero-order valence-corrected chi connectivity index (χ0v) is 13.4. The molecule has 0 bridgehead atoms. The molecule has 8 heteroatoms. The average molecular weight is 322 g/mol. The first kappa shape index (κ1) is 16.0. The van der Waals surface area contributed by atoms with Crippen LogP contribution in [0, 0.1) is 6.92 Å². The van der Waals surface area contributed by atoms with Crippen LogP contribution in [0.15, 0.2) is 24.3 Å². The van der Waals surface area contributed by atoms with Gasteiger partial charge in [-0.05, 0) is 37.1 Å². The number of hydrogen-bond donors (Lipinski definition) is 3. The summed E-state index contributed by atoms with van der Waals surface area (Å²) in [6, 6.07) is 6.68. The van der Waals surface area contributed by atoms with E-state index in [4.69, 9.17) is 0 Å². The normalized spacial score (nSPS) is 11.2. The van der Waals surface area contributed by atoms with Gasteiger partial charge < -0.3 is 5.32 Å². The van der Waals surface area contributed by atoms with Crippen LogP contribution in [-0.4, -0.2) is 30.8 Å². The number of rotatable bonds is 5. The molecule has 0 spiro atoms. The lowest BCUT2D eigenvalue weighted by atomic mass is 10.2. The Labute approximate surface area is 129 Å². The molecule has 1 heterocycles. The topological polar surface area (TPSA) is 104 Å². The molecule has 1 amide bonds. The Morgan fingerprint density at radius 1 is 1.32 bits per heavy atom. The number of carbonyl (C=O) groups excluding carboxylic acids is 1. The molecule has 0 aliphatic rings. The van der Waals surface area contributed by atoms with Gasteiger partial charge in [-0.25, -0.2) is 8.42 Å². The molecule has 0 atom stereocenters. The summed E-state index contributed by atoms with van der Waals surface area (Å²) in [6.45, 7) is 3.73. The Balaban J connectivity index is 2.19. The van der Waals surface area contributed by atoms with E-state index in [-0.39, 0.29) is 11.6 Å². The molecule has 2 aromatic rings. The van der Waals surface area contributed by atoms with Crippen molar-refractivity contribution in [1.82, 2.24) is 10.2 Å². The lowest BCUT2D eigenvalue weighted by molar-refractivity contribution is 0.102. The molecule has 3 N–H and O–H groups in total. The number of aromatic amines is 1. The van der Waals surface area contributed by atoms with E-state index in [2.05, 4.69) is 20.2 Å². The van der Waals surface area contributed by atoms with Gasteiger partial charge in [-0.1, -0.05) is 13.0 Å². The van der Waals surface area contributed by atoms with Crippen LogP contribution < -0.4 is 10.0 Å². The number of aromatic nitrogens is 2. The van der Waals surface area contributed by atoms with Gasteiger partial charge >= 0.3 is 0 Å². The van der Waals surface area contributed by atoms with E-state index in [1.807, 2.05) is 6.92 Å². The van der Waals surface area contributed by atoms with Gasteiger partial charge in [0.25, 0.3) is 5.91 Å². The summed E-state index contributed by atoms with van der Waals surface area (Å²) in [5.74, 6) is -0.356. The maximum absolute atomic E-state index is 12.1. The number of nitrogens with one attached hydrogen (secondary N) is 3. The molecule has 0 aliphatic heterocycles. The highest BCUT2D eigenvalue weighted by Crippen LogP contribution is 2.21. The number of carbonyl (C=O) groups is 1. The van der Waals surface area contributed by atoms with Crippen LogP contribution in [-0.2, 0) is 16.4 Å². The third kappa shape index (κ3) is 4.08. The quantitative estimate of drug-likeness (QED) is 0.782. The molecular weight excluding hydrogens is 304 g/mol. The van der Waals surface area contributed by atoms with Crippen molar-refractivity contribution in [3.05, 3.63) is 41.2 Å². The van der Waals surface area contributed by atoms with E-state index in [9.17, 15) is 13.2 Å². The molecule has 22 heavy (non-hydrogen) atoms. The Kier molecular flexibility index (Phi) is 4.51. The molecular formula is C14H18N4O3S. The molecule has 7 nitrogen and oxygen atoms in total. The highest BCUT2D eigenvalue weighted by Gasteiger charge is 2.12. The molecule has 118 valence electrons. The molecule has 0 saturated carbocycles. The average Bonchev–Trinajstić information content (AvgIpc) is 2.90. The third-order valence-electron chi connectivity index (χ3n) is 3.04. The molecule has 1 aromatic carbocycles. The van der Waals surface area contributed by atoms with Gasteiger partial charge in [0.15, 0.2) is 5.69 Å². The van der Waals surface area contributed by atoms with Crippen molar-refractivity contribution in [1.29, 1.82) is 0 Å². The minimum atomic E-state index is -3.38. The SMILES string of the molecule is CCc1cc(C(=O)Nc2ccc(C)c(NS(C)(=O)=O)c2)n[nH]1. The summed E-state index contributed by atoms with van der Waals surface area (Å²) in [7, 11) is -3.38. The second kappa shape index (κ2) is 6.18. The van der Waals surface area contributed by atoms with Crippen molar-refractivity contribution in [2.24, 2.45) is 0 Å². The Hall–Kier alpha value is -2.35. The van der Waals surface area contributed by atoms with Gasteiger partial charge in [-0.3, -0.25) is 14.6 Å². The van der Waals surface area contributed by atoms with E-state index in [0.29, 0.717) is 11.4 Å². The van der Waals surface area contributed by atoms with Gasteiger partial charge in [0.05, 0.1) is 11.9 Å². The van der Waals surface area contributed by atoms with Gasteiger partial charge in [-0.15, -0.1) is 0 Å². The van der Waals surface area contributed by atoms with Crippen molar-refractivity contribution < 1.29 is 13.2 Å². The minimum Gasteiger partial charge on any atom is -0.321 e. The van der Waals surface area contributed by atoms with Crippen molar-refractivity contribution in [2.75, 3.05) is 16.3 Å². The number of H-pyrrole nitrogens is 1. The van der Waals surface area contributed by atoms with Crippen molar-refractivity contribution >= 4 is 27.3 Å². The van der Waals surface area contributed by atoms with Crippen LogP contribution in [0.25, 0.3) is 0 Å². The van der Waals surface area contributed by atoms with Crippen LogP contribution in [0.3, 0.4) is 0 Å². The summed E-state index contributed by atoms with van der Waals surface area (Å²) in [6.07, 6.45) is 1.83. The maximum atomic E-state index is 12.1. The van der Waals surface area contributed by atoms with E-state index in [1.54, 1.807) is 31.2 Å². The van der Waals surface area contributed by atoms with Crippen LogP contribution in [0.2, 0.25) is 0 Å². The molecule has 0 aliphatic carbocycles. The summed E-state index contributed by atoms with van der Waals surface area (Å²) < 4.78 is 25.1. The Bertz CT molecular complexity index is 796. The summed E-state index contributed by atoms with van der Waals surface area (Å²) in [4.78, 5) is 12.1. The summed E-state index contributed by atoms with van der Waals surface area (Å²) >= 11 is 0. The van der Waals surface area contributed by atoms with Crippen LogP contribution in [0.5, 0.6) is 0 Å². The Morgan fingerprint density at radius 2 is 2.05 bits per heavy atom. The van der Waals surface area contributed by atoms with E-state index < -0.39 is 10.0 Å². The van der Waals surface area contributed by atoms with Crippen LogP contribution in [0.4, 0.5) is 11.4 Å². The zero-order chi connectivity index (χ0) is 16.3. The second-order valence-corrected chi connectivity index (χ2v) is 6.74. The van der Waals surface area contributed by atoms with Crippen molar-refractivity contribution in [2.45, 2.75) is 20.3 Å². The number of anilines is 2. The minimum absolute atomic E-state index is 0.287. The van der Waals surface area contributed by atoms with Gasteiger partial charge in [0.1, 0.15) is 0 Å². The molecule has 1 aromatic heterocycles. The smallest absolute Gasteiger partial charge is 0.276 e. The lowest BCUT2D eigenvalue weighted by Crippen LogP contribution is -2.14. The predicted octanol–water partition coefficient (Wildman–Crippen LogP) is 1.90. The molecule has 0 fully saturated rings. The zero-order valence-electron chi connectivity index (χ0n) is 12.6. The van der Waals surface area contributed by atoms with Crippen molar-refractivity contribution in [3.63, 3.8) is 0 Å². The van der Waals surface area contributed by atoms with Crippen LogP contribution in [0.1, 0.15) is 28.7 Å². The number of sulfonamides is 1. The van der Waals surface area contributed by atoms with E-state index in [1.165, 1.54) is 0 Å². The van der Waals surface area contributed by atoms with Crippen molar-refractivity contribution in [3.8, 4) is 0 Å². The molecule has 0 saturated heterocycles. The molecule has 0 radical (unpaired) electrons. The number of amides is 1. The highest BCUT2D eigenvalue weighted by molar-refractivity contribution is 7.92. The molecule has 0 unspecified atom stereocenters. The summed E-state index contributed by atoms with van der Waals surface area (Å²) in [5.41, 5.74) is 2.83. The number of nitrogens with zero attached hydrogens (tertiary/aromatic N) is 1. The number of aryl methyl sites for hydroxylation is 2. The third-order valence-corrected chi connectivity index (χ3v) is 3.63. The van der Waals surface area contributed by atoms with Gasteiger partial charge in [0, 0.05) is 11.4 Å². The fourth-order valence-corrected chi connectivity index (χ4v) is 2.48. The van der Waals surface area contributed by atoms with E-state index >= 15 is 0 Å². The predicted molar refractivity (Wildman–Crippen MR) is 85.6 cm³/mol. The van der Waals surface area contributed by atoms with Gasteiger partial charge in [0.2, 0.25) is 10.0 Å². The summed E-state index contributed by atoms with van der Waals surface area (Å²) in [5, 5.41) is 9.40. The standard InChI is InChI=1S/C14H18N4O3S/c1-4-10-7-13(17-16-10)14(19)15-11-6-5-9(2)12(8-11)18-22(3,20)21/h5-8,18H,4H2,1-3H3,(H,15,19)(H,16,17). The fourth-order valence-electron chi connectivity index (χ4n) is 1.86. The van der Waals surface area contributed by atoms with Gasteiger partial charge in [-0.2, -0.15) is 5.10 Å². The fraction of sp³-hybridized carbons (Fsp3) is 0.286. The first-order valence-corrected chi connectivity index (χ1v) is 8.61. The van der Waals surface area contributed by atoms with E-state index in [0.717, 1.165) is 23.9 Å². The first-order chi connectivity index (χ1) is 10.3. The number of hydrogen-bond acceptors (Lipinski definition) is 4. The molecule has 2 rings (SSSR count). The largest absolute Gasteiger partial charge is 0.321 e. The lowest BCUT2D eigenvalue weighted by Gasteiger charge is -2.10. The number of benzene rings is 1. The first-order valence-electron chi connectivity index (χ1n) is 6.72. The maximum Gasteiger partial charge on any atom is 0.276 e. The van der Waals surface area contributed by atoms with Crippen LogP contribution >= 0.6 is 0 Å². The second-order valence-electron chi connectivity index (χ2n) is 4.99. The Morgan fingerprint density at radius 3 is 2.64 bits per heavy atom. The highest BCUT2D eigenvalue weighted by atomic mass is 32.2.